The van der Waals surface area contributed by atoms with Gasteiger partial charge in [0.05, 0.1) is 6.21 Å². The average Bonchev–Trinajstić information content (AvgIpc) is 2.68. The second-order valence-corrected chi connectivity index (χ2v) is 5.97. The number of fused-ring (bicyclic) bond motifs is 1. The lowest BCUT2D eigenvalue weighted by Gasteiger charge is -2.12. The zero-order chi connectivity index (χ0) is 18.4. The molecule has 2 N–H and O–H groups in total. The van der Waals surface area contributed by atoms with Crippen LogP contribution < -0.4 is 15.5 Å². The summed E-state index contributed by atoms with van der Waals surface area (Å²) in [4.78, 5) is 0. The van der Waals surface area contributed by atoms with Gasteiger partial charge in [-0.2, -0.15) is 5.10 Å². The number of hydrogen-bond donors (Lipinski definition) is 2. The Kier molecular flexibility index (Phi) is 5.76. The molecule has 3 rings (SSSR count). The van der Waals surface area contributed by atoms with E-state index >= 15 is 0 Å². The Morgan fingerprint density at radius 1 is 1.12 bits per heavy atom. The lowest BCUT2D eigenvalue weighted by Crippen LogP contribution is -2.28. The van der Waals surface area contributed by atoms with Gasteiger partial charge in [-0.15, -0.1) is 0 Å². The molecule has 132 valence electrons. The first-order valence-corrected chi connectivity index (χ1v) is 8.48. The highest BCUT2D eigenvalue weighted by atomic mass is 32.1. The largest absolute Gasteiger partial charge is 0.488 e. The highest BCUT2D eigenvalue weighted by Gasteiger charge is 2.08. The van der Waals surface area contributed by atoms with Crippen LogP contribution in [0.5, 0.6) is 5.75 Å². The molecule has 0 aromatic heterocycles. The van der Waals surface area contributed by atoms with Gasteiger partial charge in [-0.25, -0.2) is 4.39 Å². The van der Waals surface area contributed by atoms with E-state index in [9.17, 15) is 4.39 Å². The molecule has 6 heteroatoms. The van der Waals surface area contributed by atoms with Crippen molar-refractivity contribution in [1.82, 2.24) is 10.7 Å². The van der Waals surface area contributed by atoms with Gasteiger partial charge >= 0.3 is 0 Å². The maximum absolute atomic E-state index is 13.0. The summed E-state index contributed by atoms with van der Waals surface area (Å²) in [6.07, 6.45) is 1.69. The molecular formula is C20H18FN3OS. The Bertz CT molecular complexity index is 941. The summed E-state index contributed by atoms with van der Waals surface area (Å²) >= 11 is 5.03. The van der Waals surface area contributed by atoms with Crippen LogP contribution in [0.4, 0.5) is 4.39 Å². The number of benzene rings is 3. The van der Waals surface area contributed by atoms with E-state index in [0.29, 0.717) is 17.5 Å². The molecule has 26 heavy (non-hydrogen) atoms. The van der Waals surface area contributed by atoms with Gasteiger partial charge in [-0.1, -0.05) is 42.5 Å². The summed E-state index contributed by atoms with van der Waals surface area (Å²) in [6.45, 7) is 0.335. The van der Waals surface area contributed by atoms with E-state index in [1.165, 1.54) is 12.1 Å². The predicted molar refractivity (Wildman–Crippen MR) is 107 cm³/mol. The second-order valence-electron chi connectivity index (χ2n) is 5.56. The van der Waals surface area contributed by atoms with Crippen molar-refractivity contribution in [3.63, 3.8) is 0 Å². The fourth-order valence-electron chi connectivity index (χ4n) is 2.49. The number of rotatable bonds is 5. The fraction of sp³-hybridized carbons (Fsp3) is 0.100. The van der Waals surface area contributed by atoms with Crippen molar-refractivity contribution >= 4 is 34.3 Å². The van der Waals surface area contributed by atoms with Gasteiger partial charge in [0, 0.05) is 12.6 Å². The van der Waals surface area contributed by atoms with E-state index < -0.39 is 0 Å². The monoisotopic (exact) mass is 367 g/mol. The minimum atomic E-state index is -0.265. The van der Waals surface area contributed by atoms with Crippen LogP contribution in [0, 0.1) is 5.82 Å². The Labute approximate surface area is 156 Å². The molecule has 0 atom stereocenters. The van der Waals surface area contributed by atoms with Crippen LogP contribution >= 0.6 is 12.2 Å². The van der Waals surface area contributed by atoms with Gasteiger partial charge in [0.2, 0.25) is 0 Å². The van der Waals surface area contributed by atoms with Crippen LogP contribution in [0.2, 0.25) is 0 Å². The van der Waals surface area contributed by atoms with Crippen LogP contribution in [-0.2, 0) is 6.61 Å². The third-order valence-electron chi connectivity index (χ3n) is 3.83. The van der Waals surface area contributed by atoms with Crippen molar-refractivity contribution in [1.29, 1.82) is 0 Å². The van der Waals surface area contributed by atoms with E-state index in [0.717, 1.165) is 21.9 Å². The summed E-state index contributed by atoms with van der Waals surface area (Å²) in [6, 6.07) is 18.1. The zero-order valence-corrected chi connectivity index (χ0v) is 15.0. The molecule has 0 saturated carbocycles. The maximum atomic E-state index is 13.0. The Morgan fingerprint density at radius 3 is 2.65 bits per heavy atom. The van der Waals surface area contributed by atoms with Crippen LogP contribution in [0.15, 0.2) is 65.8 Å². The van der Waals surface area contributed by atoms with Crippen molar-refractivity contribution in [2.75, 3.05) is 7.05 Å². The van der Waals surface area contributed by atoms with Gasteiger partial charge in [-0.3, -0.25) is 5.43 Å². The molecule has 0 aliphatic carbocycles. The van der Waals surface area contributed by atoms with Crippen LogP contribution in [0.3, 0.4) is 0 Å². The predicted octanol–water partition coefficient (Wildman–Crippen LogP) is 3.99. The molecule has 0 bridgehead atoms. The van der Waals surface area contributed by atoms with Gasteiger partial charge in [0.1, 0.15) is 18.2 Å². The molecule has 0 spiro atoms. The molecular weight excluding hydrogens is 349 g/mol. The molecule has 0 aliphatic heterocycles. The standard InChI is InChI=1S/C20H18FN3OS/c1-22-20(26)24-23-12-18-17-5-3-2-4-15(17)8-11-19(18)25-13-14-6-9-16(21)10-7-14/h2-12H,13H2,1H3,(H2,22,24,26)/b23-12-. The van der Waals surface area contributed by atoms with E-state index in [1.807, 2.05) is 36.4 Å². The summed E-state index contributed by atoms with van der Waals surface area (Å²) < 4.78 is 19.0. The van der Waals surface area contributed by atoms with E-state index in [2.05, 4.69) is 15.8 Å². The Morgan fingerprint density at radius 2 is 1.88 bits per heavy atom. The highest BCUT2D eigenvalue weighted by Crippen LogP contribution is 2.27. The fourth-order valence-corrected chi connectivity index (χ4v) is 2.54. The number of nitrogens with one attached hydrogen (secondary N) is 2. The third-order valence-corrected chi connectivity index (χ3v) is 4.12. The molecule has 0 saturated heterocycles. The molecule has 0 radical (unpaired) electrons. The minimum Gasteiger partial charge on any atom is -0.488 e. The van der Waals surface area contributed by atoms with Crippen LogP contribution in [-0.4, -0.2) is 18.4 Å². The number of hydrazone groups is 1. The van der Waals surface area contributed by atoms with E-state index in [4.69, 9.17) is 17.0 Å². The number of thiocarbonyl (C=S) groups is 1. The number of ether oxygens (including phenoxy) is 1. The molecule has 0 heterocycles. The molecule has 0 amide bonds. The average molecular weight is 367 g/mol. The van der Waals surface area contributed by atoms with Gasteiger partial charge in [0.25, 0.3) is 0 Å². The first-order valence-electron chi connectivity index (χ1n) is 8.07. The van der Waals surface area contributed by atoms with Gasteiger partial charge in [0.15, 0.2) is 5.11 Å². The summed E-state index contributed by atoms with van der Waals surface area (Å²) in [7, 11) is 1.72. The number of hydrogen-bond acceptors (Lipinski definition) is 3. The molecule has 0 fully saturated rings. The zero-order valence-electron chi connectivity index (χ0n) is 14.2. The van der Waals surface area contributed by atoms with Crippen molar-refractivity contribution < 1.29 is 9.13 Å². The molecule has 3 aromatic carbocycles. The normalized spacial score (nSPS) is 10.8. The first-order chi connectivity index (χ1) is 12.7. The SMILES string of the molecule is CNC(=S)N/N=C\c1c(OCc2ccc(F)cc2)ccc2ccccc12. The Hall–Kier alpha value is -2.99. The van der Waals surface area contributed by atoms with Crippen molar-refractivity contribution in [2.45, 2.75) is 6.61 Å². The van der Waals surface area contributed by atoms with Crippen LogP contribution in [0.25, 0.3) is 10.8 Å². The van der Waals surface area contributed by atoms with E-state index in [1.54, 1.807) is 25.4 Å². The first kappa shape index (κ1) is 17.8. The number of halogens is 1. The number of nitrogens with zero attached hydrogens (tertiary/aromatic N) is 1. The highest BCUT2D eigenvalue weighted by molar-refractivity contribution is 7.80. The van der Waals surface area contributed by atoms with Crippen molar-refractivity contribution in [3.05, 3.63) is 77.6 Å². The smallest absolute Gasteiger partial charge is 0.186 e. The second kappa shape index (κ2) is 8.40. The quantitative estimate of drug-likeness (QED) is 0.407. The molecule has 4 nitrogen and oxygen atoms in total. The van der Waals surface area contributed by atoms with Crippen molar-refractivity contribution in [2.24, 2.45) is 5.10 Å². The Balaban J connectivity index is 1.89. The summed E-state index contributed by atoms with van der Waals surface area (Å²) in [5.41, 5.74) is 4.48. The topological polar surface area (TPSA) is 45.7 Å². The van der Waals surface area contributed by atoms with E-state index in [-0.39, 0.29) is 5.82 Å². The lowest BCUT2D eigenvalue weighted by atomic mass is 10.0. The van der Waals surface area contributed by atoms with Crippen LogP contribution in [0.1, 0.15) is 11.1 Å². The summed E-state index contributed by atoms with van der Waals surface area (Å²) in [5, 5.41) is 9.51. The van der Waals surface area contributed by atoms with Gasteiger partial charge < -0.3 is 10.1 Å². The molecule has 3 aromatic rings. The summed E-state index contributed by atoms with van der Waals surface area (Å²) in [5.74, 6) is 0.424. The lowest BCUT2D eigenvalue weighted by molar-refractivity contribution is 0.306. The maximum Gasteiger partial charge on any atom is 0.186 e. The molecule has 0 unspecified atom stereocenters. The van der Waals surface area contributed by atoms with Crippen molar-refractivity contribution in [3.8, 4) is 5.75 Å². The third kappa shape index (κ3) is 4.34. The molecule has 0 aliphatic rings. The van der Waals surface area contributed by atoms with Gasteiger partial charge in [-0.05, 0) is 46.8 Å². The minimum absolute atomic E-state index is 0.265.